The molecule has 0 aromatic carbocycles. The van der Waals surface area contributed by atoms with Gasteiger partial charge in [-0.2, -0.15) is 5.10 Å². The zero-order valence-corrected chi connectivity index (χ0v) is 11.8. The van der Waals surface area contributed by atoms with Crippen molar-refractivity contribution in [2.45, 2.75) is 31.8 Å². The first-order chi connectivity index (χ1) is 9.47. The molecule has 1 fully saturated rings. The minimum Gasteiger partial charge on any atom is -0.386 e. The van der Waals surface area contributed by atoms with Gasteiger partial charge in [-0.1, -0.05) is 13.3 Å². The number of anilines is 1. The van der Waals surface area contributed by atoms with Gasteiger partial charge in [-0.15, -0.1) is 0 Å². The van der Waals surface area contributed by atoms with Crippen LogP contribution >= 0.6 is 0 Å². The number of aryl methyl sites for hydroxylation is 2. The van der Waals surface area contributed by atoms with Gasteiger partial charge in [-0.3, -0.25) is 10.1 Å². The first-order valence-electron chi connectivity index (χ1n) is 6.71. The molecule has 0 amide bonds. The maximum Gasteiger partial charge on any atom is 0.333 e. The van der Waals surface area contributed by atoms with E-state index in [9.17, 15) is 15.2 Å². The first kappa shape index (κ1) is 14.7. The zero-order chi connectivity index (χ0) is 14.8. The van der Waals surface area contributed by atoms with Crippen molar-refractivity contribution in [2.24, 2.45) is 7.05 Å². The minimum absolute atomic E-state index is 0.00290. The lowest BCUT2D eigenvalue weighted by Crippen LogP contribution is -2.37. The second kappa shape index (κ2) is 5.76. The van der Waals surface area contributed by atoms with E-state index in [4.69, 9.17) is 4.74 Å². The van der Waals surface area contributed by atoms with Crippen molar-refractivity contribution in [3.8, 4) is 0 Å². The van der Waals surface area contributed by atoms with Crippen molar-refractivity contribution in [2.75, 3.05) is 25.1 Å². The van der Waals surface area contributed by atoms with Crippen molar-refractivity contribution >= 4 is 11.5 Å². The molecule has 1 atom stereocenters. The molecule has 1 unspecified atom stereocenters. The second-order valence-electron chi connectivity index (χ2n) is 5.16. The van der Waals surface area contributed by atoms with Gasteiger partial charge in [0.1, 0.15) is 11.3 Å². The Labute approximate surface area is 116 Å². The average molecular weight is 284 g/mol. The molecule has 1 saturated heterocycles. The standard InChI is InChI=1S/C12H20N4O4/c1-3-4-9-10(16(18)19)11(15(2)14-9)13-7-12(17)5-6-20-8-12/h13,17H,3-8H2,1-2H3. The number of aliphatic hydroxyl groups is 1. The molecule has 20 heavy (non-hydrogen) atoms. The molecule has 0 saturated carbocycles. The molecule has 2 heterocycles. The summed E-state index contributed by atoms with van der Waals surface area (Å²) >= 11 is 0. The predicted octanol–water partition coefficient (Wildman–Crippen LogP) is 0.844. The van der Waals surface area contributed by atoms with Crippen molar-refractivity contribution in [1.29, 1.82) is 0 Å². The quantitative estimate of drug-likeness (QED) is 0.593. The van der Waals surface area contributed by atoms with E-state index in [1.165, 1.54) is 4.68 Å². The largest absolute Gasteiger partial charge is 0.386 e. The van der Waals surface area contributed by atoms with Gasteiger partial charge in [0, 0.05) is 26.6 Å². The van der Waals surface area contributed by atoms with Crippen LogP contribution in [0, 0.1) is 10.1 Å². The van der Waals surface area contributed by atoms with Gasteiger partial charge in [0.2, 0.25) is 5.82 Å². The summed E-state index contributed by atoms with van der Waals surface area (Å²) in [4.78, 5) is 10.8. The number of ether oxygens (including phenoxy) is 1. The van der Waals surface area contributed by atoms with E-state index in [0.717, 1.165) is 6.42 Å². The fraction of sp³-hybridized carbons (Fsp3) is 0.750. The lowest BCUT2D eigenvalue weighted by atomic mass is 10.0. The highest BCUT2D eigenvalue weighted by molar-refractivity contribution is 5.60. The Morgan fingerprint density at radius 3 is 2.95 bits per heavy atom. The van der Waals surface area contributed by atoms with Crippen molar-refractivity contribution in [3.63, 3.8) is 0 Å². The maximum absolute atomic E-state index is 11.2. The van der Waals surface area contributed by atoms with Crippen LogP contribution < -0.4 is 5.32 Å². The Morgan fingerprint density at radius 1 is 1.65 bits per heavy atom. The van der Waals surface area contributed by atoms with Gasteiger partial charge >= 0.3 is 5.69 Å². The van der Waals surface area contributed by atoms with Gasteiger partial charge in [0.15, 0.2) is 0 Å². The number of hydrogen-bond acceptors (Lipinski definition) is 6. The van der Waals surface area contributed by atoms with Crippen LogP contribution in [0.4, 0.5) is 11.5 Å². The molecular formula is C12H20N4O4. The molecule has 8 nitrogen and oxygen atoms in total. The third-order valence-electron chi connectivity index (χ3n) is 3.43. The highest BCUT2D eigenvalue weighted by atomic mass is 16.6. The van der Waals surface area contributed by atoms with Crippen LogP contribution in [0.3, 0.4) is 0 Å². The molecule has 0 spiro atoms. The summed E-state index contributed by atoms with van der Waals surface area (Å²) in [6, 6.07) is 0. The van der Waals surface area contributed by atoms with E-state index in [-0.39, 0.29) is 18.8 Å². The van der Waals surface area contributed by atoms with E-state index in [2.05, 4.69) is 10.4 Å². The lowest BCUT2D eigenvalue weighted by molar-refractivity contribution is -0.384. The first-order valence-corrected chi connectivity index (χ1v) is 6.71. The van der Waals surface area contributed by atoms with Crippen LogP contribution in [-0.2, 0) is 18.2 Å². The average Bonchev–Trinajstić information content (AvgIpc) is 2.92. The van der Waals surface area contributed by atoms with E-state index < -0.39 is 10.5 Å². The summed E-state index contributed by atoms with van der Waals surface area (Å²) in [5.41, 5.74) is -0.502. The zero-order valence-electron chi connectivity index (χ0n) is 11.8. The Morgan fingerprint density at radius 2 is 2.40 bits per heavy atom. The predicted molar refractivity (Wildman–Crippen MR) is 72.7 cm³/mol. The number of aromatic nitrogens is 2. The molecule has 0 bridgehead atoms. The smallest absolute Gasteiger partial charge is 0.333 e. The van der Waals surface area contributed by atoms with E-state index in [1.54, 1.807) is 7.05 Å². The van der Waals surface area contributed by atoms with Gasteiger partial charge in [-0.05, 0) is 6.42 Å². The molecule has 0 aliphatic carbocycles. The van der Waals surface area contributed by atoms with Crippen LogP contribution in [0.1, 0.15) is 25.5 Å². The molecule has 2 N–H and O–H groups in total. The van der Waals surface area contributed by atoms with Crippen LogP contribution in [-0.4, -0.2) is 45.2 Å². The van der Waals surface area contributed by atoms with Crippen LogP contribution in [0.5, 0.6) is 0 Å². The van der Waals surface area contributed by atoms with Gasteiger partial charge < -0.3 is 15.2 Å². The summed E-state index contributed by atoms with van der Waals surface area (Å²) in [6.07, 6.45) is 1.86. The van der Waals surface area contributed by atoms with Crippen molar-refractivity contribution in [1.82, 2.24) is 9.78 Å². The molecule has 1 aromatic rings. The number of nitrogens with zero attached hydrogens (tertiary/aromatic N) is 3. The molecule has 1 aromatic heterocycles. The Bertz CT molecular complexity index is 494. The summed E-state index contributed by atoms with van der Waals surface area (Å²) in [7, 11) is 1.66. The highest BCUT2D eigenvalue weighted by Gasteiger charge is 2.34. The summed E-state index contributed by atoms with van der Waals surface area (Å²) in [5, 5.41) is 28.6. The van der Waals surface area contributed by atoms with Gasteiger partial charge in [0.05, 0.1) is 11.5 Å². The highest BCUT2D eigenvalue weighted by Crippen LogP contribution is 2.30. The summed E-state index contributed by atoms with van der Waals surface area (Å²) < 4.78 is 6.61. The fourth-order valence-corrected chi connectivity index (χ4v) is 2.35. The third-order valence-corrected chi connectivity index (χ3v) is 3.43. The van der Waals surface area contributed by atoms with Gasteiger partial charge in [-0.25, -0.2) is 4.68 Å². The number of nitrogens with one attached hydrogen (secondary N) is 1. The molecular weight excluding hydrogens is 264 g/mol. The van der Waals surface area contributed by atoms with E-state index in [0.29, 0.717) is 31.0 Å². The maximum atomic E-state index is 11.2. The number of hydrogen-bond donors (Lipinski definition) is 2. The second-order valence-corrected chi connectivity index (χ2v) is 5.16. The van der Waals surface area contributed by atoms with Crippen molar-refractivity contribution in [3.05, 3.63) is 15.8 Å². The molecule has 112 valence electrons. The third kappa shape index (κ3) is 2.91. The Kier molecular flexibility index (Phi) is 4.24. The normalized spacial score (nSPS) is 22.1. The van der Waals surface area contributed by atoms with Gasteiger partial charge in [0.25, 0.3) is 0 Å². The lowest BCUT2D eigenvalue weighted by Gasteiger charge is -2.20. The molecule has 1 aliphatic rings. The van der Waals surface area contributed by atoms with Crippen LogP contribution in [0.15, 0.2) is 0 Å². The molecule has 2 rings (SSSR count). The monoisotopic (exact) mass is 284 g/mol. The number of nitro groups is 1. The van der Waals surface area contributed by atoms with E-state index in [1.807, 2.05) is 6.92 Å². The molecule has 1 aliphatic heterocycles. The minimum atomic E-state index is -0.969. The molecule has 0 radical (unpaired) electrons. The van der Waals surface area contributed by atoms with Crippen molar-refractivity contribution < 1.29 is 14.8 Å². The fourth-order valence-electron chi connectivity index (χ4n) is 2.35. The van der Waals surface area contributed by atoms with E-state index >= 15 is 0 Å². The summed E-state index contributed by atoms with van der Waals surface area (Å²) in [6.45, 7) is 2.91. The Hall–Kier alpha value is -1.67. The SMILES string of the molecule is CCCc1nn(C)c(NCC2(O)CCOC2)c1[N+](=O)[O-]. The number of rotatable bonds is 6. The summed E-state index contributed by atoms with van der Waals surface area (Å²) in [5.74, 6) is 0.332. The molecule has 8 heteroatoms. The Balaban J connectivity index is 2.19. The topological polar surface area (TPSA) is 102 Å². The van der Waals surface area contributed by atoms with Crippen LogP contribution in [0.25, 0.3) is 0 Å². The van der Waals surface area contributed by atoms with Crippen LogP contribution in [0.2, 0.25) is 0 Å².